The molecule has 0 spiro atoms. The molecule has 1 saturated carbocycles. The van der Waals surface area contributed by atoms with Gasteiger partial charge in [-0.05, 0) is 67.8 Å². The molecule has 0 heterocycles. The van der Waals surface area contributed by atoms with Crippen LogP contribution in [0.5, 0.6) is 0 Å². The smallest absolute Gasteiger partial charge is 0.309 e. The SMILES string of the molecule is CC(C)C1=CC2=CC[C@@H]3[C@](C)(CCC[C@@]3(C)C(=O)O)[C@H]2CC1.[Ca]. The van der Waals surface area contributed by atoms with E-state index in [1.807, 2.05) is 6.92 Å². The molecule has 0 bridgehead atoms. The minimum atomic E-state index is -0.588. The molecule has 3 aliphatic carbocycles. The van der Waals surface area contributed by atoms with E-state index in [1.54, 1.807) is 5.57 Å². The van der Waals surface area contributed by atoms with Crippen molar-refractivity contribution >= 4 is 43.7 Å². The van der Waals surface area contributed by atoms with Gasteiger partial charge in [-0.1, -0.05) is 44.9 Å². The predicted molar refractivity (Wildman–Crippen MR) is 95.3 cm³/mol. The number of fused-ring (bicyclic) bond motifs is 3. The molecule has 4 atom stereocenters. The van der Waals surface area contributed by atoms with Crippen LogP contribution in [0.4, 0.5) is 0 Å². The molecule has 3 aliphatic rings. The van der Waals surface area contributed by atoms with E-state index in [0.29, 0.717) is 11.8 Å². The van der Waals surface area contributed by atoms with Gasteiger partial charge in [0.1, 0.15) is 0 Å². The molecule has 0 aromatic heterocycles. The monoisotopic (exact) mass is 342 g/mol. The Morgan fingerprint density at radius 3 is 2.61 bits per heavy atom. The molecule has 124 valence electrons. The van der Waals surface area contributed by atoms with Crippen molar-refractivity contribution in [2.75, 3.05) is 0 Å². The summed E-state index contributed by atoms with van der Waals surface area (Å²) in [6, 6.07) is 0. The second-order valence-electron chi connectivity index (χ2n) is 8.54. The van der Waals surface area contributed by atoms with Crippen LogP contribution in [0.15, 0.2) is 23.3 Å². The zero-order valence-electron chi connectivity index (χ0n) is 15.2. The summed E-state index contributed by atoms with van der Waals surface area (Å²) >= 11 is 0. The number of aliphatic carboxylic acids is 1. The molecule has 0 aromatic carbocycles. The molecule has 0 amide bonds. The Hall–Kier alpha value is 0.210. The maximum atomic E-state index is 11.9. The molecule has 1 fully saturated rings. The molecule has 1 N–H and O–H groups in total. The summed E-state index contributed by atoms with van der Waals surface area (Å²) in [5.41, 5.74) is 2.69. The van der Waals surface area contributed by atoms with Crippen molar-refractivity contribution in [3.8, 4) is 0 Å². The Labute approximate surface area is 170 Å². The summed E-state index contributed by atoms with van der Waals surface area (Å²) in [6.07, 6.45) is 11.2. The molecule has 23 heavy (non-hydrogen) atoms. The molecule has 0 aliphatic heterocycles. The summed E-state index contributed by atoms with van der Waals surface area (Å²) in [5.74, 6) is 0.888. The van der Waals surface area contributed by atoms with Crippen molar-refractivity contribution in [2.24, 2.45) is 28.6 Å². The fraction of sp³-hybridized carbons (Fsp3) is 0.750. The van der Waals surface area contributed by atoms with Gasteiger partial charge in [-0.15, -0.1) is 0 Å². The third-order valence-electron chi connectivity index (χ3n) is 7.07. The van der Waals surface area contributed by atoms with Crippen molar-refractivity contribution in [3.05, 3.63) is 23.3 Å². The van der Waals surface area contributed by atoms with Gasteiger partial charge in [-0.2, -0.15) is 0 Å². The minimum Gasteiger partial charge on any atom is -0.481 e. The van der Waals surface area contributed by atoms with Crippen molar-refractivity contribution < 1.29 is 9.90 Å². The fourth-order valence-electron chi connectivity index (χ4n) is 5.60. The van der Waals surface area contributed by atoms with Gasteiger partial charge >= 0.3 is 5.97 Å². The zero-order chi connectivity index (χ0) is 16.1. The third kappa shape index (κ3) is 3.09. The van der Waals surface area contributed by atoms with Crippen LogP contribution in [0.2, 0.25) is 0 Å². The van der Waals surface area contributed by atoms with E-state index in [9.17, 15) is 9.90 Å². The third-order valence-corrected chi connectivity index (χ3v) is 7.07. The first-order chi connectivity index (χ1) is 10.3. The van der Waals surface area contributed by atoms with Gasteiger partial charge in [0.05, 0.1) is 5.41 Å². The van der Waals surface area contributed by atoms with Gasteiger partial charge in [0.25, 0.3) is 0 Å². The van der Waals surface area contributed by atoms with Crippen molar-refractivity contribution in [3.63, 3.8) is 0 Å². The van der Waals surface area contributed by atoms with E-state index < -0.39 is 11.4 Å². The summed E-state index contributed by atoms with van der Waals surface area (Å²) in [4.78, 5) is 11.9. The van der Waals surface area contributed by atoms with Crippen LogP contribution in [-0.4, -0.2) is 48.8 Å². The first-order valence-corrected chi connectivity index (χ1v) is 8.93. The number of carbonyl (C=O) groups is 1. The summed E-state index contributed by atoms with van der Waals surface area (Å²) in [6.45, 7) is 8.93. The van der Waals surface area contributed by atoms with Gasteiger partial charge in [-0.25, -0.2) is 0 Å². The molecular formula is C20H30CaO2. The first-order valence-electron chi connectivity index (χ1n) is 8.93. The molecule has 0 aromatic rings. The zero-order valence-corrected chi connectivity index (χ0v) is 17.4. The van der Waals surface area contributed by atoms with E-state index in [4.69, 9.17) is 0 Å². The molecular weight excluding hydrogens is 312 g/mol. The fourth-order valence-corrected chi connectivity index (χ4v) is 5.60. The van der Waals surface area contributed by atoms with Crippen molar-refractivity contribution in [1.29, 1.82) is 0 Å². The molecule has 0 saturated heterocycles. The average molecular weight is 343 g/mol. The average Bonchev–Trinajstić information content (AvgIpc) is 2.46. The predicted octanol–water partition coefficient (Wildman–Crippen LogP) is 4.83. The Balaban J connectivity index is 0.00000192. The van der Waals surface area contributed by atoms with Crippen LogP contribution >= 0.6 is 0 Å². The molecule has 3 heteroatoms. The number of hydrogen-bond donors (Lipinski definition) is 1. The quantitative estimate of drug-likeness (QED) is 0.730. The maximum absolute atomic E-state index is 11.9. The van der Waals surface area contributed by atoms with E-state index in [0.717, 1.165) is 19.3 Å². The molecule has 3 rings (SSSR count). The number of allylic oxidation sites excluding steroid dienone is 4. The Kier molecular flexibility index (Phi) is 5.81. The van der Waals surface area contributed by atoms with Crippen LogP contribution < -0.4 is 0 Å². The second-order valence-corrected chi connectivity index (χ2v) is 8.54. The van der Waals surface area contributed by atoms with E-state index in [1.165, 1.54) is 24.8 Å². The second kappa shape index (κ2) is 6.84. The maximum Gasteiger partial charge on any atom is 0.309 e. The van der Waals surface area contributed by atoms with Gasteiger partial charge < -0.3 is 5.11 Å². The number of hydrogen-bond acceptors (Lipinski definition) is 1. The van der Waals surface area contributed by atoms with Crippen molar-refractivity contribution in [1.82, 2.24) is 0 Å². The first kappa shape index (κ1) is 19.5. The van der Waals surface area contributed by atoms with Crippen LogP contribution in [0.25, 0.3) is 0 Å². The Morgan fingerprint density at radius 1 is 1.30 bits per heavy atom. The molecule has 2 radical (unpaired) electrons. The van der Waals surface area contributed by atoms with E-state index in [2.05, 4.69) is 32.9 Å². The van der Waals surface area contributed by atoms with E-state index >= 15 is 0 Å². The minimum absolute atomic E-state index is 0. The van der Waals surface area contributed by atoms with Gasteiger partial charge in [0, 0.05) is 37.7 Å². The largest absolute Gasteiger partial charge is 0.481 e. The normalized spacial score (nSPS) is 39.5. The standard InChI is InChI=1S/C20H30O2.Ca/c1-13(2)14-6-8-16-15(12-14)7-9-17-19(16,3)10-5-11-20(17,4)18(21)22;/h7,12-13,16-17H,5-6,8-11H2,1-4H3,(H,21,22);/t16-,17+,19+,20+;/m0./s1. The number of carboxylic acid groups (broad SMARTS) is 1. The number of carboxylic acids is 1. The van der Waals surface area contributed by atoms with E-state index in [-0.39, 0.29) is 49.1 Å². The summed E-state index contributed by atoms with van der Waals surface area (Å²) < 4.78 is 0. The van der Waals surface area contributed by atoms with Gasteiger partial charge in [0.2, 0.25) is 0 Å². The van der Waals surface area contributed by atoms with Crippen LogP contribution in [-0.2, 0) is 4.79 Å². The summed E-state index contributed by atoms with van der Waals surface area (Å²) in [7, 11) is 0. The summed E-state index contributed by atoms with van der Waals surface area (Å²) in [5, 5.41) is 9.83. The van der Waals surface area contributed by atoms with Crippen LogP contribution in [0.3, 0.4) is 0 Å². The molecule has 0 unspecified atom stereocenters. The topological polar surface area (TPSA) is 37.3 Å². The van der Waals surface area contributed by atoms with Gasteiger partial charge in [0.15, 0.2) is 0 Å². The molecule has 2 nitrogen and oxygen atoms in total. The van der Waals surface area contributed by atoms with Crippen LogP contribution in [0.1, 0.15) is 66.2 Å². The van der Waals surface area contributed by atoms with Crippen LogP contribution in [0, 0.1) is 28.6 Å². The Morgan fingerprint density at radius 2 is 2.00 bits per heavy atom. The van der Waals surface area contributed by atoms with Crippen molar-refractivity contribution in [2.45, 2.75) is 66.2 Å². The number of rotatable bonds is 2. The van der Waals surface area contributed by atoms with Gasteiger partial charge in [-0.3, -0.25) is 4.79 Å². The Bertz CT molecular complexity index is 548.